The first-order valence-electron chi connectivity index (χ1n) is 6.42. The number of ether oxygens (including phenoxy) is 1. The van der Waals surface area contributed by atoms with Gasteiger partial charge in [0.2, 0.25) is 5.88 Å². The molecule has 0 aromatic carbocycles. The molecule has 0 aliphatic heterocycles. The molecule has 0 amide bonds. The van der Waals surface area contributed by atoms with E-state index in [2.05, 4.69) is 20.5 Å². The third-order valence-electron chi connectivity index (χ3n) is 3.07. The average Bonchev–Trinajstić information content (AvgIpc) is 3.10. The molecule has 0 radical (unpaired) electrons. The molecule has 6 heteroatoms. The van der Waals surface area contributed by atoms with Gasteiger partial charge in [0, 0.05) is 18.3 Å². The van der Waals surface area contributed by atoms with Crippen LogP contribution in [-0.2, 0) is 6.54 Å². The number of pyridine rings is 1. The number of H-pyrrole nitrogens is 1. The number of hydrogen-bond donors (Lipinski definition) is 3. The van der Waals surface area contributed by atoms with Gasteiger partial charge in [0.25, 0.3) is 0 Å². The highest BCUT2D eigenvalue weighted by Gasteiger charge is 2.22. The molecule has 0 saturated heterocycles. The Morgan fingerprint density at radius 3 is 3.05 bits per heavy atom. The van der Waals surface area contributed by atoms with Crippen LogP contribution in [0.1, 0.15) is 18.4 Å². The second-order valence-electron chi connectivity index (χ2n) is 4.81. The first-order chi connectivity index (χ1) is 9.31. The molecule has 100 valence electrons. The fraction of sp³-hybridized carbons (Fsp3) is 0.385. The summed E-state index contributed by atoms with van der Waals surface area (Å²) in [7, 11) is 0. The molecule has 1 fully saturated rings. The minimum Gasteiger partial charge on any atom is -0.476 e. The molecule has 1 aliphatic carbocycles. The van der Waals surface area contributed by atoms with Gasteiger partial charge in [0.15, 0.2) is 0 Å². The highest BCUT2D eigenvalue weighted by Crippen LogP contribution is 2.30. The molecule has 4 N–H and O–H groups in total. The van der Waals surface area contributed by atoms with Crippen LogP contribution in [0.4, 0.5) is 11.5 Å². The van der Waals surface area contributed by atoms with Crippen molar-refractivity contribution in [2.45, 2.75) is 19.4 Å². The predicted octanol–water partition coefficient (Wildman–Crippen LogP) is 1.79. The Balaban J connectivity index is 1.62. The summed E-state index contributed by atoms with van der Waals surface area (Å²) in [6.07, 6.45) is 6.11. The van der Waals surface area contributed by atoms with Crippen LogP contribution in [0.5, 0.6) is 5.88 Å². The summed E-state index contributed by atoms with van der Waals surface area (Å²) < 4.78 is 5.64. The Morgan fingerprint density at radius 2 is 2.32 bits per heavy atom. The van der Waals surface area contributed by atoms with E-state index in [0.717, 1.165) is 11.4 Å². The predicted molar refractivity (Wildman–Crippen MR) is 72.8 cm³/mol. The summed E-state index contributed by atoms with van der Waals surface area (Å²) in [5, 5.41) is 9.87. The fourth-order valence-corrected chi connectivity index (χ4v) is 1.71. The van der Waals surface area contributed by atoms with Crippen LogP contribution >= 0.6 is 0 Å². The smallest absolute Gasteiger partial charge is 0.239 e. The van der Waals surface area contributed by atoms with Crippen molar-refractivity contribution in [1.82, 2.24) is 15.2 Å². The summed E-state index contributed by atoms with van der Waals surface area (Å²) in [6, 6.07) is 3.66. The van der Waals surface area contributed by atoms with E-state index < -0.39 is 0 Å². The molecule has 2 heterocycles. The van der Waals surface area contributed by atoms with Gasteiger partial charge in [-0.05, 0) is 30.9 Å². The number of hydrogen-bond acceptors (Lipinski definition) is 5. The Bertz CT molecular complexity index is 536. The van der Waals surface area contributed by atoms with Crippen molar-refractivity contribution in [3.63, 3.8) is 0 Å². The topological polar surface area (TPSA) is 88.8 Å². The standard InChI is InChI=1S/C13H17N5O/c14-11-3-4-12(15-5-10-6-16-17-7-10)18-13(11)19-8-9-1-2-9/h3-4,6-7,9H,1-2,5,8,14H2,(H,15,18)(H,16,17). The SMILES string of the molecule is Nc1ccc(NCc2cn[nH]c2)nc1OCC1CC1. The van der Waals surface area contributed by atoms with Gasteiger partial charge in [0.1, 0.15) is 5.82 Å². The van der Waals surface area contributed by atoms with E-state index in [4.69, 9.17) is 10.5 Å². The lowest BCUT2D eigenvalue weighted by atomic mass is 10.3. The Hall–Kier alpha value is -2.24. The van der Waals surface area contributed by atoms with Crippen LogP contribution in [0.15, 0.2) is 24.5 Å². The number of aromatic nitrogens is 3. The van der Waals surface area contributed by atoms with Gasteiger partial charge in [-0.1, -0.05) is 0 Å². The lowest BCUT2D eigenvalue weighted by Gasteiger charge is -2.10. The monoisotopic (exact) mass is 259 g/mol. The van der Waals surface area contributed by atoms with Gasteiger partial charge >= 0.3 is 0 Å². The number of aromatic amines is 1. The largest absolute Gasteiger partial charge is 0.476 e. The van der Waals surface area contributed by atoms with Gasteiger partial charge in [-0.2, -0.15) is 10.1 Å². The summed E-state index contributed by atoms with van der Waals surface area (Å²) >= 11 is 0. The van der Waals surface area contributed by atoms with E-state index in [0.29, 0.717) is 30.6 Å². The molecule has 1 saturated carbocycles. The van der Waals surface area contributed by atoms with Crippen molar-refractivity contribution in [3.05, 3.63) is 30.1 Å². The van der Waals surface area contributed by atoms with Crippen molar-refractivity contribution in [2.24, 2.45) is 5.92 Å². The van der Waals surface area contributed by atoms with Crippen LogP contribution in [0.25, 0.3) is 0 Å². The van der Waals surface area contributed by atoms with Crippen LogP contribution in [0.3, 0.4) is 0 Å². The molecule has 3 rings (SSSR count). The van der Waals surface area contributed by atoms with Gasteiger partial charge < -0.3 is 15.8 Å². The van der Waals surface area contributed by atoms with Crippen LogP contribution in [-0.4, -0.2) is 21.8 Å². The maximum atomic E-state index is 5.86. The summed E-state index contributed by atoms with van der Waals surface area (Å²) in [5.41, 5.74) is 7.50. The third kappa shape index (κ3) is 3.15. The van der Waals surface area contributed by atoms with Crippen molar-refractivity contribution >= 4 is 11.5 Å². The van der Waals surface area contributed by atoms with E-state index in [1.165, 1.54) is 12.8 Å². The zero-order chi connectivity index (χ0) is 13.1. The van der Waals surface area contributed by atoms with Gasteiger partial charge in [0.05, 0.1) is 18.5 Å². The minimum absolute atomic E-state index is 0.518. The summed E-state index contributed by atoms with van der Waals surface area (Å²) in [4.78, 5) is 4.38. The van der Waals surface area contributed by atoms with Crippen LogP contribution < -0.4 is 15.8 Å². The first kappa shape index (κ1) is 11.8. The van der Waals surface area contributed by atoms with E-state index in [1.54, 1.807) is 6.20 Å². The van der Waals surface area contributed by atoms with Crippen molar-refractivity contribution in [2.75, 3.05) is 17.7 Å². The lowest BCUT2D eigenvalue weighted by Crippen LogP contribution is -2.06. The van der Waals surface area contributed by atoms with Gasteiger partial charge in [-0.3, -0.25) is 5.10 Å². The molecule has 6 nitrogen and oxygen atoms in total. The zero-order valence-corrected chi connectivity index (χ0v) is 10.6. The molecule has 2 aromatic rings. The summed E-state index contributed by atoms with van der Waals surface area (Å²) in [5.74, 6) is 1.95. The third-order valence-corrected chi connectivity index (χ3v) is 3.07. The highest BCUT2D eigenvalue weighted by atomic mass is 16.5. The number of anilines is 2. The zero-order valence-electron chi connectivity index (χ0n) is 10.6. The number of nitrogens with zero attached hydrogens (tertiary/aromatic N) is 2. The van der Waals surface area contributed by atoms with Gasteiger partial charge in [-0.25, -0.2) is 0 Å². The molecule has 0 unspecified atom stereocenters. The summed E-state index contributed by atoms with van der Waals surface area (Å²) in [6.45, 7) is 1.37. The lowest BCUT2D eigenvalue weighted by molar-refractivity contribution is 0.290. The van der Waals surface area contributed by atoms with Crippen LogP contribution in [0, 0.1) is 5.92 Å². The van der Waals surface area contributed by atoms with E-state index in [-0.39, 0.29) is 0 Å². The number of nitrogen functional groups attached to an aromatic ring is 1. The van der Waals surface area contributed by atoms with E-state index >= 15 is 0 Å². The highest BCUT2D eigenvalue weighted by molar-refractivity contribution is 5.53. The maximum Gasteiger partial charge on any atom is 0.239 e. The first-order valence-corrected chi connectivity index (χ1v) is 6.42. The Morgan fingerprint density at radius 1 is 1.42 bits per heavy atom. The minimum atomic E-state index is 0.518. The fourth-order valence-electron chi connectivity index (χ4n) is 1.71. The van der Waals surface area contributed by atoms with Gasteiger partial charge in [-0.15, -0.1) is 0 Å². The van der Waals surface area contributed by atoms with E-state index in [9.17, 15) is 0 Å². The van der Waals surface area contributed by atoms with Crippen molar-refractivity contribution in [1.29, 1.82) is 0 Å². The number of rotatable bonds is 6. The molecule has 0 atom stereocenters. The Kier molecular flexibility index (Phi) is 3.22. The quantitative estimate of drug-likeness (QED) is 0.736. The second kappa shape index (κ2) is 5.17. The van der Waals surface area contributed by atoms with Crippen molar-refractivity contribution < 1.29 is 4.74 Å². The molecular formula is C13H17N5O. The normalized spacial score (nSPS) is 14.3. The number of nitrogens with one attached hydrogen (secondary N) is 2. The molecular weight excluding hydrogens is 242 g/mol. The second-order valence-corrected chi connectivity index (χ2v) is 4.81. The maximum absolute atomic E-state index is 5.86. The van der Waals surface area contributed by atoms with Crippen molar-refractivity contribution in [3.8, 4) is 5.88 Å². The number of nitrogens with two attached hydrogens (primary N) is 1. The molecule has 0 spiro atoms. The molecule has 1 aliphatic rings. The Labute approximate surface area is 111 Å². The van der Waals surface area contributed by atoms with E-state index in [1.807, 2.05) is 18.3 Å². The molecule has 2 aromatic heterocycles. The molecule has 19 heavy (non-hydrogen) atoms. The molecule has 0 bridgehead atoms. The average molecular weight is 259 g/mol. The van der Waals surface area contributed by atoms with Crippen LogP contribution in [0.2, 0.25) is 0 Å².